The molecule has 1 amide bonds. The summed E-state index contributed by atoms with van der Waals surface area (Å²) in [5.41, 5.74) is -0.0820. The molecule has 0 atom stereocenters. The maximum absolute atomic E-state index is 13.1. The third-order valence-electron chi connectivity index (χ3n) is 6.38. The highest BCUT2D eigenvalue weighted by Gasteiger charge is 2.54. The molecular weight excluding hydrogens is 332 g/mol. The highest BCUT2D eigenvalue weighted by Crippen LogP contribution is 2.60. The third-order valence-corrected chi connectivity index (χ3v) is 7.36. The Bertz CT molecular complexity index is 619. The van der Waals surface area contributed by atoms with E-state index in [4.69, 9.17) is 0 Å². The van der Waals surface area contributed by atoms with Gasteiger partial charge in [-0.25, -0.2) is 0 Å². The topological polar surface area (TPSA) is 59.8 Å². The minimum absolute atomic E-state index is 0.0820. The van der Waals surface area contributed by atoms with Crippen molar-refractivity contribution in [2.75, 3.05) is 0 Å². The monoisotopic (exact) mass is 362 g/mol. The minimum atomic E-state index is -0.0820. The average molecular weight is 363 g/mol. The first kappa shape index (κ1) is 17.4. The summed E-state index contributed by atoms with van der Waals surface area (Å²) in [7, 11) is 0. The van der Waals surface area contributed by atoms with Crippen LogP contribution in [0.4, 0.5) is 0 Å². The highest BCUT2D eigenvalue weighted by molar-refractivity contribution is 7.99. The van der Waals surface area contributed by atoms with E-state index in [1.165, 1.54) is 19.3 Å². The zero-order valence-corrected chi connectivity index (χ0v) is 16.4. The zero-order valence-electron chi connectivity index (χ0n) is 15.6. The summed E-state index contributed by atoms with van der Waals surface area (Å²) in [6.07, 6.45) is 7.44. The zero-order chi connectivity index (χ0) is 17.6. The predicted molar refractivity (Wildman–Crippen MR) is 99.1 cm³/mol. The lowest BCUT2D eigenvalue weighted by molar-refractivity contribution is -0.146. The number of nitrogens with one attached hydrogen (secondary N) is 1. The van der Waals surface area contributed by atoms with Crippen molar-refractivity contribution < 1.29 is 4.79 Å². The van der Waals surface area contributed by atoms with Crippen molar-refractivity contribution in [1.29, 1.82) is 0 Å². The maximum atomic E-state index is 13.1. The van der Waals surface area contributed by atoms with Crippen molar-refractivity contribution >= 4 is 17.7 Å². The Hall–Kier alpha value is -1.04. The summed E-state index contributed by atoms with van der Waals surface area (Å²) in [6, 6.07) is 0. The number of carbonyl (C=O) groups is 1. The lowest BCUT2D eigenvalue weighted by Gasteiger charge is -2.55. The van der Waals surface area contributed by atoms with E-state index in [2.05, 4.69) is 40.9 Å². The lowest BCUT2D eigenvalue weighted by atomic mass is 9.49. The molecule has 4 aliphatic carbocycles. The van der Waals surface area contributed by atoms with E-state index in [1.807, 2.05) is 0 Å². The van der Waals surface area contributed by atoms with E-state index in [1.54, 1.807) is 11.8 Å². The first-order valence-electron chi connectivity index (χ1n) is 9.86. The highest BCUT2D eigenvalue weighted by atomic mass is 32.2. The smallest absolute Gasteiger partial charge is 0.226 e. The fourth-order valence-corrected chi connectivity index (χ4v) is 6.67. The summed E-state index contributed by atoms with van der Waals surface area (Å²) >= 11 is 1.73. The Balaban J connectivity index is 1.43. The second kappa shape index (κ2) is 6.60. The van der Waals surface area contributed by atoms with Crippen molar-refractivity contribution in [2.24, 2.45) is 23.2 Å². The molecule has 6 heteroatoms. The Labute approximate surface area is 154 Å². The van der Waals surface area contributed by atoms with Gasteiger partial charge < -0.3 is 9.88 Å². The largest absolute Gasteiger partial charge is 0.348 e. The third kappa shape index (κ3) is 3.22. The van der Waals surface area contributed by atoms with E-state index in [0.29, 0.717) is 11.8 Å². The molecule has 5 nitrogen and oxygen atoms in total. The van der Waals surface area contributed by atoms with Crippen LogP contribution in [-0.4, -0.2) is 25.9 Å². The normalized spacial score (nSPS) is 33.2. The minimum Gasteiger partial charge on any atom is -0.348 e. The molecule has 4 aliphatic rings. The van der Waals surface area contributed by atoms with Crippen LogP contribution in [0.25, 0.3) is 0 Å². The Morgan fingerprint density at radius 2 is 1.80 bits per heavy atom. The van der Waals surface area contributed by atoms with E-state index >= 15 is 0 Å². The summed E-state index contributed by atoms with van der Waals surface area (Å²) in [4.78, 5) is 13.1. The van der Waals surface area contributed by atoms with Gasteiger partial charge in [0, 0.05) is 17.2 Å². The molecule has 0 unspecified atom stereocenters. The van der Waals surface area contributed by atoms with Crippen LogP contribution in [0, 0.1) is 23.2 Å². The van der Waals surface area contributed by atoms with Crippen LogP contribution in [0.5, 0.6) is 0 Å². The van der Waals surface area contributed by atoms with Crippen LogP contribution >= 0.6 is 11.8 Å². The summed E-state index contributed by atoms with van der Waals surface area (Å²) < 4.78 is 2.13. The first-order chi connectivity index (χ1) is 12.0. The SMILES string of the molecule is CCn1c(CNC(=O)C23CC4CC(CC(C4)C2)C3)nnc1SC(C)C. The molecule has 1 heterocycles. The van der Waals surface area contributed by atoms with E-state index in [-0.39, 0.29) is 11.3 Å². The fourth-order valence-electron chi connectivity index (χ4n) is 5.80. The van der Waals surface area contributed by atoms with Gasteiger partial charge in [0.05, 0.1) is 6.54 Å². The van der Waals surface area contributed by atoms with Gasteiger partial charge in [-0.3, -0.25) is 4.79 Å². The fraction of sp³-hybridized carbons (Fsp3) is 0.842. The predicted octanol–water partition coefficient (Wildman–Crippen LogP) is 3.63. The number of carbonyl (C=O) groups excluding carboxylic acids is 1. The molecule has 138 valence electrons. The van der Waals surface area contributed by atoms with E-state index in [0.717, 1.165) is 54.5 Å². The summed E-state index contributed by atoms with van der Waals surface area (Å²) in [5.74, 6) is 3.54. The van der Waals surface area contributed by atoms with Gasteiger partial charge in [0.2, 0.25) is 5.91 Å². The van der Waals surface area contributed by atoms with Crippen molar-refractivity contribution in [3.05, 3.63) is 5.82 Å². The molecule has 1 aromatic heterocycles. The van der Waals surface area contributed by atoms with Crippen LogP contribution < -0.4 is 5.32 Å². The number of hydrogen-bond donors (Lipinski definition) is 1. The van der Waals surface area contributed by atoms with Gasteiger partial charge in [-0.2, -0.15) is 0 Å². The number of thioether (sulfide) groups is 1. The number of amides is 1. The molecule has 1 aromatic rings. The van der Waals surface area contributed by atoms with Gasteiger partial charge in [-0.1, -0.05) is 25.6 Å². The Morgan fingerprint density at radius 3 is 2.32 bits per heavy atom. The van der Waals surface area contributed by atoms with Gasteiger partial charge in [0.15, 0.2) is 11.0 Å². The molecule has 1 N–H and O–H groups in total. The van der Waals surface area contributed by atoms with Crippen molar-refractivity contribution in [1.82, 2.24) is 20.1 Å². The van der Waals surface area contributed by atoms with Gasteiger partial charge in [-0.15, -0.1) is 10.2 Å². The van der Waals surface area contributed by atoms with Crippen LogP contribution in [0.3, 0.4) is 0 Å². The van der Waals surface area contributed by atoms with Crippen LogP contribution in [0.1, 0.15) is 65.1 Å². The molecule has 0 aliphatic heterocycles. The van der Waals surface area contributed by atoms with Crippen LogP contribution in [0.2, 0.25) is 0 Å². The molecule has 0 aromatic carbocycles. The van der Waals surface area contributed by atoms with Crippen molar-refractivity contribution in [2.45, 2.75) is 82.8 Å². The summed E-state index contributed by atoms with van der Waals surface area (Å²) in [5, 5.41) is 13.3. The van der Waals surface area contributed by atoms with Crippen molar-refractivity contribution in [3.8, 4) is 0 Å². The van der Waals surface area contributed by atoms with Gasteiger partial charge in [-0.05, 0) is 63.2 Å². The van der Waals surface area contributed by atoms with Crippen LogP contribution in [0.15, 0.2) is 5.16 Å². The number of hydrogen-bond acceptors (Lipinski definition) is 4. The standard InChI is InChI=1S/C19H30N4OS/c1-4-23-16(21-22-18(23)25-12(2)3)11-20-17(24)19-8-13-5-14(9-19)7-15(6-13)10-19/h12-15H,4-11H2,1-3H3,(H,20,24). The van der Waals surface area contributed by atoms with E-state index in [9.17, 15) is 4.79 Å². The molecular formula is C19H30N4OS. The van der Waals surface area contributed by atoms with Gasteiger partial charge >= 0.3 is 0 Å². The number of aromatic nitrogens is 3. The Kier molecular flexibility index (Phi) is 4.59. The molecule has 0 spiro atoms. The van der Waals surface area contributed by atoms with E-state index < -0.39 is 0 Å². The number of nitrogens with zero attached hydrogens (tertiary/aromatic N) is 3. The Morgan fingerprint density at radius 1 is 1.20 bits per heavy atom. The second-order valence-electron chi connectivity index (χ2n) is 8.69. The average Bonchev–Trinajstić information content (AvgIpc) is 2.92. The lowest BCUT2D eigenvalue weighted by Crippen LogP contribution is -2.53. The second-order valence-corrected chi connectivity index (χ2v) is 10.2. The number of rotatable bonds is 6. The first-order valence-corrected chi connectivity index (χ1v) is 10.7. The quantitative estimate of drug-likeness (QED) is 0.785. The molecule has 4 bridgehead atoms. The maximum Gasteiger partial charge on any atom is 0.226 e. The van der Waals surface area contributed by atoms with Crippen molar-refractivity contribution in [3.63, 3.8) is 0 Å². The molecule has 0 saturated heterocycles. The molecule has 4 saturated carbocycles. The molecule has 5 rings (SSSR count). The van der Waals surface area contributed by atoms with Crippen LogP contribution in [-0.2, 0) is 17.9 Å². The molecule has 25 heavy (non-hydrogen) atoms. The van der Waals surface area contributed by atoms with Gasteiger partial charge in [0.1, 0.15) is 0 Å². The molecule has 0 radical (unpaired) electrons. The summed E-state index contributed by atoms with van der Waals surface area (Å²) in [6.45, 7) is 7.77. The molecule has 4 fully saturated rings. The van der Waals surface area contributed by atoms with Gasteiger partial charge in [0.25, 0.3) is 0 Å².